The molecular formula is C45H80NO8P. The van der Waals surface area contributed by atoms with Gasteiger partial charge in [-0.15, -0.1) is 0 Å². The Morgan fingerprint density at radius 2 is 1.00 bits per heavy atom. The fourth-order valence-corrected chi connectivity index (χ4v) is 6.44. The topological polar surface area (TPSA) is 134 Å². The summed E-state index contributed by atoms with van der Waals surface area (Å²) in [7, 11) is -4.38. The Morgan fingerprint density at radius 3 is 1.49 bits per heavy atom. The molecule has 3 N–H and O–H groups in total. The highest BCUT2D eigenvalue weighted by Gasteiger charge is 2.26. The summed E-state index contributed by atoms with van der Waals surface area (Å²) < 4.78 is 32.8. The Kier molecular flexibility index (Phi) is 39.6. The molecule has 0 saturated heterocycles. The zero-order valence-electron chi connectivity index (χ0n) is 34.9. The predicted molar refractivity (Wildman–Crippen MR) is 229 cm³/mol. The molecule has 0 aliphatic heterocycles. The van der Waals surface area contributed by atoms with Gasteiger partial charge in [0.05, 0.1) is 13.2 Å². The van der Waals surface area contributed by atoms with Crippen LogP contribution in [0, 0.1) is 0 Å². The van der Waals surface area contributed by atoms with Crippen molar-refractivity contribution in [2.45, 2.75) is 187 Å². The number of rotatable bonds is 40. The molecule has 0 heterocycles. The Balaban J connectivity index is 4.17. The average molecular weight is 794 g/mol. The van der Waals surface area contributed by atoms with E-state index in [1.165, 1.54) is 57.8 Å². The van der Waals surface area contributed by atoms with Crippen molar-refractivity contribution in [3.8, 4) is 0 Å². The highest BCUT2D eigenvalue weighted by Crippen LogP contribution is 2.43. The molecule has 0 spiro atoms. The highest BCUT2D eigenvalue weighted by molar-refractivity contribution is 7.47. The van der Waals surface area contributed by atoms with Gasteiger partial charge in [0.1, 0.15) is 6.61 Å². The number of nitrogens with two attached hydrogens (primary N) is 1. The van der Waals surface area contributed by atoms with Crippen LogP contribution in [0.25, 0.3) is 0 Å². The van der Waals surface area contributed by atoms with Crippen LogP contribution in [0.15, 0.2) is 60.8 Å². The quantitative estimate of drug-likeness (QED) is 0.0269. The molecule has 0 bridgehead atoms. The van der Waals surface area contributed by atoms with Crippen LogP contribution in [0.2, 0.25) is 0 Å². The number of hydrogen-bond acceptors (Lipinski definition) is 8. The van der Waals surface area contributed by atoms with Crippen LogP contribution in [0.1, 0.15) is 181 Å². The minimum Gasteiger partial charge on any atom is -0.462 e. The first-order valence-electron chi connectivity index (χ1n) is 21.8. The number of phosphoric acid groups is 1. The maximum Gasteiger partial charge on any atom is 0.472 e. The molecule has 0 rings (SSSR count). The van der Waals surface area contributed by atoms with Gasteiger partial charge in [0.25, 0.3) is 0 Å². The van der Waals surface area contributed by atoms with Crippen LogP contribution >= 0.6 is 7.82 Å². The molecule has 0 fully saturated rings. The zero-order valence-corrected chi connectivity index (χ0v) is 35.8. The van der Waals surface area contributed by atoms with E-state index >= 15 is 0 Å². The summed E-state index contributed by atoms with van der Waals surface area (Å²) >= 11 is 0. The molecule has 1 unspecified atom stereocenters. The van der Waals surface area contributed by atoms with Gasteiger partial charge in [0.2, 0.25) is 0 Å². The van der Waals surface area contributed by atoms with Crippen LogP contribution in [-0.4, -0.2) is 49.3 Å². The maximum absolute atomic E-state index is 12.6. The molecule has 2 atom stereocenters. The lowest BCUT2D eigenvalue weighted by Crippen LogP contribution is -2.29. The number of unbranched alkanes of at least 4 members (excludes halogenated alkanes) is 17. The van der Waals surface area contributed by atoms with E-state index in [0.717, 1.165) is 83.5 Å². The van der Waals surface area contributed by atoms with Crippen LogP contribution in [0.4, 0.5) is 0 Å². The Labute approximate surface area is 336 Å². The molecule has 0 aromatic rings. The fourth-order valence-electron chi connectivity index (χ4n) is 5.68. The Hall–Kier alpha value is -2.29. The number of hydrogen-bond donors (Lipinski definition) is 2. The molecule has 0 aromatic heterocycles. The lowest BCUT2D eigenvalue weighted by molar-refractivity contribution is -0.161. The largest absolute Gasteiger partial charge is 0.472 e. The minimum atomic E-state index is -4.38. The van der Waals surface area contributed by atoms with E-state index < -0.39 is 32.5 Å². The van der Waals surface area contributed by atoms with E-state index in [4.69, 9.17) is 24.3 Å². The van der Waals surface area contributed by atoms with Crippen LogP contribution in [0.3, 0.4) is 0 Å². The first-order chi connectivity index (χ1) is 26.8. The smallest absolute Gasteiger partial charge is 0.462 e. The average Bonchev–Trinajstić information content (AvgIpc) is 3.17. The molecule has 318 valence electrons. The van der Waals surface area contributed by atoms with Crippen molar-refractivity contribution >= 4 is 19.8 Å². The number of allylic oxidation sites excluding steroid dienone is 10. The van der Waals surface area contributed by atoms with Gasteiger partial charge in [-0.2, -0.15) is 0 Å². The summed E-state index contributed by atoms with van der Waals surface area (Å²) in [6.07, 6.45) is 48.2. The number of phosphoric ester groups is 1. The SMILES string of the molecule is CC/C=C\C/C=C\C/C=C\CCCCCCCC(=O)OC[C@H](COP(=O)(O)OCCN)OC(=O)CCCCCCCCCCC/C=C\C/C=C\CCCCC. The van der Waals surface area contributed by atoms with Crippen molar-refractivity contribution in [2.75, 3.05) is 26.4 Å². The lowest BCUT2D eigenvalue weighted by atomic mass is 10.1. The number of ether oxygens (including phenoxy) is 2. The number of carbonyl (C=O) groups is 2. The fraction of sp³-hybridized carbons (Fsp3) is 0.733. The highest BCUT2D eigenvalue weighted by atomic mass is 31.2. The molecule has 0 aromatic carbocycles. The molecule has 55 heavy (non-hydrogen) atoms. The monoisotopic (exact) mass is 794 g/mol. The van der Waals surface area contributed by atoms with Crippen LogP contribution < -0.4 is 5.73 Å². The summed E-state index contributed by atoms with van der Waals surface area (Å²) in [5.41, 5.74) is 5.35. The number of carbonyl (C=O) groups excluding carboxylic acids is 2. The standard InChI is InChI=1S/C45H80NO8P/c1-3-5-7-9-11-13-15-17-19-20-21-22-24-26-28-30-32-34-36-38-45(48)54-43(42-53-55(49,50)52-40-39-46)41-51-44(47)37-35-33-31-29-27-25-23-18-16-14-12-10-8-6-4-2/h6,8,11-14,17-19,23,43H,3-5,7,9-10,15-16,20-22,24-42,46H2,1-2H3,(H,49,50)/b8-6-,13-11-,14-12-,19-17-,23-18-/t43-/m1/s1. The van der Waals surface area contributed by atoms with Crippen molar-refractivity contribution in [3.63, 3.8) is 0 Å². The van der Waals surface area contributed by atoms with Gasteiger partial charge in [-0.05, 0) is 77.0 Å². The summed E-state index contributed by atoms with van der Waals surface area (Å²) in [4.78, 5) is 34.9. The van der Waals surface area contributed by atoms with Gasteiger partial charge < -0.3 is 20.1 Å². The third-order valence-electron chi connectivity index (χ3n) is 8.89. The van der Waals surface area contributed by atoms with Gasteiger partial charge >= 0.3 is 19.8 Å². The second kappa shape index (κ2) is 41.3. The third-order valence-corrected chi connectivity index (χ3v) is 9.87. The normalized spacial score (nSPS) is 13.9. The summed E-state index contributed by atoms with van der Waals surface area (Å²) in [6.45, 7) is 3.56. The minimum absolute atomic E-state index is 0.0476. The van der Waals surface area contributed by atoms with Crippen LogP contribution in [-0.2, 0) is 32.7 Å². The first-order valence-corrected chi connectivity index (χ1v) is 23.3. The van der Waals surface area contributed by atoms with E-state index in [1.807, 2.05) is 0 Å². The summed E-state index contributed by atoms with van der Waals surface area (Å²) in [6, 6.07) is 0. The molecule has 0 aliphatic rings. The predicted octanol–water partition coefficient (Wildman–Crippen LogP) is 12.5. The van der Waals surface area contributed by atoms with Crippen molar-refractivity contribution in [2.24, 2.45) is 5.73 Å². The van der Waals surface area contributed by atoms with Crippen molar-refractivity contribution in [1.82, 2.24) is 0 Å². The van der Waals surface area contributed by atoms with Gasteiger partial charge in [-0.1, -0.05) is 152 Å². The van der Waals surface area contributed by atoms with Gasteiger partial charge in [-0.3, -0.25) is 18.6 Å². The van der Waals surface area contributed by atoms with Crippen molar-refractivity contribution < 1.29 is 37.6 Å². The third kappa shape index (κ3) is 41.2. The molecule has 0 amide bonds. The van der Waals surface area contributed by atoms with E-state index in [1.54, 1.807) is 0 Å². The Morgan fingerprint density at radius 1 is 0.564 bits per heavy atom. The van der Waals surface area contributed by atoms with Gasteiger partial charge in [-0.25, -0.2) is 4.57 Å². The second-order valence-corrected chi connectivity index (χ2v) is 15.6. The molecular weight excluding hydrogens is 713 g/mol. The van der Waals surface area contributed by atoms with Crippen molar-refractivity contribution in [3.05, 3.63) is 60.8 Å². The summed E-state index contributed by atoms with van der Waals surface area (Å²) in [5.74, 6) is -0.856. The lowest BCUT2D eigenvalue weighted by Gasteiger charge is -2.19. The molecule has 10 heteroatoms. The zero-order chi connectivity index (χ0) is 40.3. The molecule has 9 nitrogen and oxygen atoms in total. The maximum atomic E-state index is 12.6. The summed E-state index contributed by atoms with van der Waals surface area (Å²) in [5, 5.41) is 0. The van der Waals surface area contributed by atoms with E-state index in [-0.39, 0.29) is 32.6 Å². The second-order valence-electron chi connectivity index (χ2n) is 14.2. The molecule has 0 radical (unpaired) electrons. The van der Waals surface area contributed by atoms with Crippen molar-refractivity contribution in [1.29, 1.82) is 0 Å². The Bertz CT molecular complexity index is 1090. The molecule has 0 aliphatic carbocycles. The molecule has 0 saturated carbocycles. The number of esters is 2. The van der Waals surface area contributed by atoms with Gasteiger partial charge in [0.15, 0.2) is 6.10 Å². The van der Waals surface area contributed by atoms with E-state index in [9.17, 15) is 19.0 Å². The van der Waals surface area contributed by atoms with Crippen LogP contribution in [0.5, 0.6) is 0 Å². The van der Waals surface area contributed by atoms with Gasteiger partial charge in [0, 0.05) is 19.4 Å². The van der Waals surface area contributed by atoms with E-state index in [2.05, 4.69) is 74.6 Å². The van der Waals surface area contributed by atoms with E-state index in [0.29, 0.717) is 12.8 Å². The first kappa shape index (κ1) is 52.7.